The van der Waals surface area contributed by atoms with Crippen molar-refractivity contribution >= 4 is 11.2 Å². The van der Waals surface area contributed by atoms with Crippen molar-refractivity contribution in [3.63, 3.8) is 0 Å². The van der Waals surface area contributed by atoms with E-state index >= 15 is 0 Å². The predicted molar refractivity (Wildman–Crippen MR) is 50.0 cm³/mol. The zero-order valence-electron chi connectivity index (χ0n) is 8.24. The Morgan fingerprint density at radius 2 is 1.93 bits per heavy atom. The number of aromatic amines is 1. The monoisotopic (exact) mass is 195 g/mol. The second-order valence-electron chi connectivity index (χ2n) is 3.29. The van der Waals surface area contributed by atoms with Gasteiger partial charge >= 0.3 is 11.2 Å². The number of imidazole rings is 1. The van der Waals surface area contributed by atoms with Crippen LogP contribution in [-0.2, 0) is 21.1 Å². The van der Waals surface area contributed by atoms with E-state index in [0.717, 1.165) is 4.57 Å². The summed E-state index contributed by atoms with van der Waals surface area (Å²) in [6.07, 6.45) is 1.64. The summed E-state index contributed by atoms with van der Waals surface area (Å²) in [6.45, 7) is 0. The van der Waals surface area contributed by atoms with Crippen LogP contribution in [0.1, 0.15) is 0 Å². The quantitative estimate of drug-likeness (QED) is 0.514. The largest absolute Gasteiger partial charge is 0.388 e. The van der Waals surface area contributed by atoms with Gasteiger partial charge in [0.15, 0.2) is 6.33 Å². The number of hydrogen-bond donors (Lipinski definition) is 1. The molecular weight excluding hydrogens is 184 g/mol. The average Bonchev–Trinajstić information content (AvgIpc) is 2.54. The first-order valence-electron chi connectivity index (χ1n) is 4.16. The zero-order valence-corrected chi connectivity index (χ0v) is 8.24. The Bertz CT molecular complexity index is 617. The summed E-state index contributed by atoms with van der Waals surface area (Å²) in [5, 5.41) is 0. The van der Waals surface area contributed by atoms with Crippen molar-refractivity contribution in [1.29, 1.82) is 0 Å². The highest BCUT2D eigenvalue weighted by atomic mass is 16.2. The summed E-state index contributed by atoms with van der Waals surface area (Å²) in [6, 6.07) is 0. The van der Waals surface area contributed by atoms with E-state index in [2.05, 4.69) is 4.98 Å². The zero-order chi connectivity index (χ0) is 10.5. The van der Waals surface area contributed by atoms with Crippen molar-refractivity contribution in [2.24, 2.45) is 21.1 Å². The molecule has 14 heavy (non-hydrogen) atoms. The summed E-state index contributed by atoms with van der Waals surface area (Å²) < 4.78 is 4.23. The Morgan fingerprint density at radius 3 is 2.57 bits per heavy atom. The minimum absolute atomic E-state index is 0.302. The molecule has 6 nitrogen and oxygen atoms in total. The molecule has 0 saturated carbocycles. The fraction of sp³-hybridized carbons (Fsp3) is 0.375. The summed E-state index contributed by atoms with van der Waals surface area (Å²) >= 11 is 0. The molecule has 2 heterocycles. The second kappa shape index (κ2) is 2.57. The van der Waals surface area contributed by atoms with Gasteiger partial charge in [-0.15, -0.1) is 0 Å². The van der Waals surface area contributed by atoms with Gasteiger partial charge in [-0.05, 0) is 0 Å². The van der Waals surface area contributed by atoms with Crippen molar-refractivity contribution < 1.29 is 4.57 Å². The minimum atomic E-state index is -0.322. The summed E-state index contributed by atoms with van der Waals surface area (Å²) in [7, 11) is 4.88. The molecule has 0 amide bonds. The van der Waals surface area contributed by atoms with Gasteiger partial charge < -0.3 is 0 Å². The van der Waals surface area contributed by atoms with Crippen molar-refractivity contribution in [3.8, 4) is 0 Å². The average molecular weight is 195 g/mol. The molecule has 0 aliphatic heterocycles. The molecule has 0 unspecified atom stereocenters. The number of hydrogen-bond acceptors (Lipinski definition) is 2. The lowest BCUT2D eigenvalue weighted by Gasteiger charge is -1.98. The maximum Gasteiger partial charge on any atom is 0.388 e. The molecule has 2 rings (SSSR count). The Kier molecular flexibility index (Phi) is 1.60. The SMILES string of the molecule is Cn1c(=O)c2[nH]c[n+](C)c2n(C)c1=O. The van der Waals surface area contributed by atoms with E-state index in [-0.39, 0.29) is 11.2 Å². The molecule has 0 saturated heterocycles. The second-order valence-corrected chi connectivity index (χ2v) is 3.29. The molecule has 0 aromatic carbocycles. The third kappa shape index (κ3) is 0.876. The van der Waals surface area contributed by atoms with Crippen LogP contribution in [0.15, 0.2) is 15.9 Å². The molecule has 2 aromatic rings. The molecule has 0 fully saturated rings. The van der Waals surface area contributed by atoms with E-state index in [0.29, 0.717) is 11.2 Å². The Labute approximate surface area is 79.0 Å². The lowest BCUT2D eigenvalue weighted by Crippen LogP contribution is -2.41. The van der Waals surface area contributed by atoms with E-state index in [1.165, 1.54) is 11.6 Å². The van der Waals surface area contributed by atoms with E-state index in [1.807, 2.05) is 0 Å². The van der Waals surface area contributed by atoms with Crippen molar-refractivity contribution in [3.05, 3.63) is 27.2 Å². The number of aromatic nitrogens is 4. The summed E-state index contributed by atoms with van der Waals surface area (Å²) in [5.41, 5.74) is 0.414. The van der Waals surface area contributed by atoms with Crippen LogP contribution < -0.4 is 15.8 Å². The molecule has 0 aliphatic rings. The van der Waals surface area contributed by atoms with Crippen molar-refractivity contribution in [2.75, 3.05) is 0 Å². The first-order valence-corrected chi connectivity index (χ1v) is 4.16. The van der Waals surface area contributed by atoms with Gasteiger partial charge in [-0.2, -0.15) is 0 Å². The lowest BCUT2D eigenvalue weighted by atomic mass is 10.5. The maximum atomic E-state index is 11.6. The maximum absolute atomic E-state index is 11.6. The van der Waals surface area contributed by atoms with Gasteiger partial charge in [0, 0.05) is 7.05 Å². The van der Waals surface area contributed by atoms with Crippen LogP contribution >= 0.6 is 0 Å². The van der Waals surface area contributed by atoms with Gasteiger partial charge in [0.05, 0.1) is 14.1 Å². The molecule has 0 atom stereocenters. The number of fused-ring (bicyclic) bond motifs is 1. The Morgan fingerprint density at radius 1 is 1.29 bits per heavy atom. The van der Waals surface area contributed by atoms with Crippen LogP contribution in [-0.4, -0.2) is 14.1 Å². The first-order chi connectivity index (χ1) is 6.54. The molecule has 0 radical (unpaired) electrons. The molecule has 0 bridgehead atoms. The van der Waals surface area contributed by atoms with Gasteiger partial charge in [0.2, 0.25) is 5.52 Å². The number of aryl methyl sites for hydroxylation is 2. The standard InChI is InChI=1S/C8H10N4O2/c1-10-4-9-5-6(10)11(2)8(14)12(3)7(5)13/h4H,1-3H3/p+1. The van der Waals surface area contributed by atoms with Gasteiger partial charge in [-0.1, -0.05) is 0 Å². The fourth-order valence-electron chi connectivity index (χ4n) is 1.60. The number of H-pyrrole nitrogens is 1. The van der Waals surface area contributed by atoms with E-state index in [9.17, 15) is 9.59 Å². The van der Waals surface area contributed by atoms with Gasteiger partial charge in [0.25, 0.3) is 5.65 Å². The van der Waals surface area contributed by atoms with Gasteiger partial charge in [-0.25, -0.2) is 18.5 Å². The first kappa shape index (κ1) is 8.74. The molecule has 1 N–H and O–H groups in total. The highest BCUT2D eigenvalue weighted by Gasteiger charge is 2.17. The predicted octanol–water partition coefficient (Wildman–Crippen LogP) is -1.61. The number of nitrogens with one attached hydrogen (secondary N) is 1. The van der Waals surface area contributed by atoms with Crippen LogP contribution in [0.2, 0.25) is 0 Å². The van der Waals surface area contributed by atoms with E-state index in [4.69, 9.17) is 0 Å². The topological polar surface area (TPSA) is 63.7 Å². The highest BCUT2D eigenvalue weighted by Crippen LogP contribution is 1.95. The smallest absolute Gasteiger partial charge is 0.269 e. The molecule has 6 heteroatoms. The Balaban J connectivity index is 3.22. The molecule has 0 spiro atoms. The third-order valence-corrected chi connectivity index (χ3v) is 2.37. The van der Waals surface area contributed by atoms with Crippen LogP contribution in [0.3, 0.4) is 0 Å². The fourth-order valence-corrected chi connectivity index (χ4v) is 1.60. The molecule has 74 valence electrons. The van der Waals surface area contributed by atoms with Crippen LogP contribution in [0.4, 0.5) is 0 Å². The van der Waals surface area contributed by atoms with Gasteiger partial charge in [-0.3, -0.25) is 9.78 Å². The molecular formula is C8H11N4O2+. The van der Waals surface area contributed by atoms with Crippen LogP contribution in [0.25, 0.3) is 11.2 Å². The molecule has 2 aromatic heterocycles. The number of nitrogens with zero attached hydrogens (tertiary/aromatic N) is 3. The normalized spacial score (nSPS) is 11.1. The van der Waals surface area contributed by atoms with Gasteiger partial charge in [0.1, 0.15) is 0 Å². The lowest BCUT2D eigenvalue weighted by molar-refractivity contribution is -0.647. The number of rotatable bonds is 0. The highest BCUT2D eigenvalue weighted by molar-refractivity contribution is 5.64. The minimum Gasteiger partial charge on any atom is -0.269 e. The third-order valence-electron chi connectivity index (χ3n) is 2.37. The van der Waals surface area contributed by atoms with Crippen LogP contribution in [0, 0.1) is 0 Å². The van der Waals surface area contributed by atoms with Crippen LogP contribution in [0.5, 0.6) is 0 Å². The Hall–Kier alpha value is -1.85. The van der Waals surface area contributed by atoms with Crippen molar-refractivity contribution in [2.45, 2.75) is 0 Å². The summed E-state index contributed by atoms with van der Waals surface area (Å²) in [5.74, 6) is 0. The van der Waals surface area contributed by atoms with E-state index < -0.39 is 0 Å². The summed E-state index contributed by atoms with van der Waals surface area (Å²) in [4.78, 5) is 26.0. The van der Waals surface area contributed by atoms with Crippen molar-refractivity contribution in [1.82, 2.24) is 14.1 Å². The molecule has 0 aliphatic carbocycles. The van der Waals surface area contributed by atoms with E-state index in [1.54, 1.807) is 25.0 Å².